The number of likely N-dealkylation sites (tertiary alicyclic amines) is 1. The molecule has 0 bridgehead atoms. The van der Waals surface area contributed by atoms with Crippen LogP contribution >= 0.6 is 11.8 Å². The van der Waals surface area contributed by atoms with E-state index in [2.05, 4.69) is 0 Å². The molecule has 0 unspecified atom stereocenters. The van der Waals surface area contributed by atoms with Crippen molar-refractivity contribution in [2.24, 2.45) is 0 Å². The van der Waals surface area contributed by atoms with E-state index in [1.165, 1.54) is 28.8 Å². The zero-order valence-corrected chi connectivity index (χ0v) is 16.8. The molecule has 1 fully saturated rings. The van der Waals surface area contributed by atoms with Crippen LogP contribution in [0.2, 0.25) is 0 Å². The van der Waals surface area contributed by atoms with Gasteiger partial charge in [0.25, 0.3) is 5.91 Å². The van der Waals surface area contributed by atoms with Crippen molar-refractivity contribution in [1.82, 2.24) is 4.90 Å². The molecule has 0 radical (unpaired) electrons. The lowest BCUT2D eigenvalue weighted by Crippen LogP contribution is -2.43. The van der Waals surface area contributed by atoms with Crippen LogP contribution < -0.4 is 4.90 Å². The van der Waals surface area contributed by atoms with Crippen molar-refractivity contribution in [1.29, 1.82) is 0 Å². The lowest BCUT2D eigenvalue weighted by Gasteiger charge is -2.31. The van der Waals surface area contributed by atoms with Gasteiger partial charge >= 0.3 is 6.18 Å². The number of fused-ring (bicyclic) bond motifs is 1. The second-order valence-electron chi connectivity index (χ2n) is 7.18. The molecule has 0 saturated carbocycles. The number of para-hydroxylation sites is 1. The second kappa shape index (κ2) is 8.18. The molecule has 2 heterocycles. The lowest BCUT2D eigenvalue weighted by molar-refractivity contribution is -0.137. The molecule has 2 aromatic rings. The van der Waals surface area contributed by atoms with Gasteiger partial charge in [-0.25, -0.2) is 0 Å². The first kappa shape index (κ1) is 20.5. The van der Waals surface area contributed by atoms with Crippen molar-refractivity contribution in [3.8, 4) is 0 Å². The molecule has 0 aliphatic carbocycles. The first-order valence-electron chi connectivity index (χ1n) is 9.58. The van der Waals surface area contributed by atoms with Crippen LogP contribution in [-0.4, -0.2) is 36.3 Å². The molecular weight excluding hydrogens is 413 g/mol. The number of hydrogen-bond donors (Lipinski definition) is 0. The SMILES string of the molecule is O=C(CN1C(=O)C(=Cc2ccc(C(F)(F)F)cc2)Sc2ccccc21)N1CCCC1. The summed E-state index contributed by atoms with van der Waals surface area (Å²) in [6, 6.07) is 12.0. The van der Waals surface area contributed by atoms with Crippen molar-refractivity contribution in [3.05, 3.63) is 64.6 Å². The summed E-state index contributed by atoms with van der Waals surface area (Å²) in [4.78, 5) is 30.2. The number of alkyl halides is 3. The fourth-order valence-electron chi connectivity index (χ4n) is 3.54. The van der Waals surface area contributed by atoms with Gasteiger partial charge in [-0.05, 0) is 48.7 Å². The van der Waals surface area contributed by atoms with Crippen molar-refractivity contribution in [2.75, 3.05) is 24.5 Å². The zero-order chi connectivity index (χ0) is 21.3. The van der Waals surface area contributed by atoms with E-state index in [-0.39, 0.29) is 18.4 Å². The summed E-state index contributed by atoms with van der Waals surface area (Å²) in [5.74, 6) is -0.428. The maximum atomic E-state index is 13.2. The normalized spacial score (nSPS) is 18.1. The Morgan fingerprint density at radius 2 is 1.70 bits per heavy atom. The Labute approximate surface area is 176 Å². The summed E-state index contributed by atoms with van der Waals surface area (Å²) >= 11 is 1.26. The van der Waals surface area contributed by atoms with E-state index in [4.69, 9.17) is 0 Å². The Balaban J connectivity index is 1.63. The van der Waals surface area contributed by atoms with Gasteiger partial charge in [0.05, 0.1) is 16.2 Å². The highest BCUT2D eigenvalue weighted by molar-refractivity contribution is 8.04. The summed E-state index contributed by atoms with van der Waals surface area (Å²) in [6.45, 7) is 1.35. The molecule has 0 aromatic heterocycles. The van der Waals surface area contributed by atoms with Gasteiger partial charge in [-0.15, -0.1) is 0 Å². The number of nitrogens with zero attached hydrogens (tertiary/aromatic N) is 2. The molecule has 30 heavy (non-hydrogen) atoms. The number of benzene rings is 2. The smallest absolute Gasteiger partial charge is 0.341 e. The van der Waals surface area contributed by atoms with Crippen molar-refractivity contribution in [2.45, 2.75) is 23.9 Å². The molecule has 4 nitrogen and oxygen atoms in total. The highest BCUT2D eigenvalue weighted by atomic mass is 32.2. The highest BCUT2D eigenvalue weighted by Gasteiger charge is 2.33. The standard InChI is InChI=1S/C22H19F3N2O2S/c23-22(24,25)16-9-7-15(8-10-16)13-19-21(29)27(14-20(28)26-11-3-4-12-26)17-5-1-2-6-18(17)30-19/h1-2,5-10,13H,3-4,11-12,14H2. The van der Waals surface area contributed by atoms with Gasteiger partial charge in [0.1, 0.15) is 6.54 Å². The number of halogens is 3. The molecular formula is C22H19F3N2O2S. The molecule has 2 aromatic carbocycles. The third-order valence-corrected chi connectivity index (χ3v) is 6.20. The summed E-state index contributed by atoms with van der Waals surface area (Å²) < 4.78 is 38.4. The number of carbonyl (C=O) groups excluding carboxylic acids is 2. The van der Waals surface area contributed by atoms with E-state index in [0.29, 0.717) is 29.2 Å². The number of rotatable bonds is 3. The molecule has 2 aliphatic rings. The third-order valence-electron chi connectivity index (χ3n) is 5.12. The second-order valence-corrected chi connectivity index (χ2v) is 8.26. The monoisotopic (exact) mass is 432 g/mol. The van der Waals surface area contributed by atoms with Crippen LogP contribution in [0, 0.1) is 0 Å². The van der Waals surface area contributed by atoms with E-state index < -0.39 is 11.7 Å². The molecule has 2 aliphatic heterocycles. The van der Waals surface area contributed by atoms with Crippen LogP contribution in [0.15, 0.2) is 58.3 Å². The Bertz CT molecular complexity index is 996. The minimum atomic E-state index is -4.41. The van der Waals surface area contributed by atoms with Gasteiger partial charge < -0.3 is 4.90 Å². The van der Waals surface area contributed by atoms with Gasteiger partial charge in [0.2, 0.25) is 5.91 Å². The van der Waals surface area contributed by atoms with Crippen molar-refractivity contribution in [3.63, 3.8) is 0 Å². The first-order valence-corrected chi connectivity index (χ1v) is 10.4. The molecule has 4 rings (SSSR count). The Kier molecular flexibility index (Phi) is 5.60. The van der Waals surface area contributed by atoms with Crippen LogP contribution in [0.4, 0.5) is 18.9 Å². The molecule has 156 valence electrons. The van der Waals surface area contributed by atoms with Gasteiger partial charge in [0.15, 0.2) is 0 Å². The first-order chi connectivity index (χ1) is 14.3. The fraction of sp³-hybridized carbons (Fsp3) is 0.273. The van der Waals surface area contributed by atoms with Crippen LogP contribution in [0.1, 0.15) is 24.0 Å². The van der Waals surface area contributed by atoms with Crippen molar-refractivity contribution >= 4 is 35.3 Å². The van der Waals surface area contributed by atoms with Crippen LogP contribution in [0.5, 0.6) is 0 Å². The largest absolute Gasteiger partial charge is 0.416 e. The Morgan fingerprint density at radius 3 is 2.37 bits per heavy atom. The molecule has 0 atom stereocenters. The minimum absolute atomic E-state index is 0.0548. The summed E-state index contributed by atoms with van der Waals surface area (Å²) in [6.07, 6.45) is -0.917. The van der Waals surface area contributed by atoms with E-state index in [0.717, 1.165) is 29.9 Å². The molecule has 1 saturated heterocycles. The quantitative estimate of drug-likeness (QED) is 0.654. The highest BCUT2D eigenvalue weighted by Crippen LogP contribution is 2.42. The summed E-state index contributed by atoms with van der Waals surface area (Å²) in [7, 11) is 0. The van der Waals surface area contributed by atoms with E-state index in [1.807, 2.05) is 18.2 Å². The van der Waals surface area contributed by atoms with Gasteiger partial charge in [-0.3, -0.25) is 14.5 Å². The maximum absolute atomic E-state index is 13.2. The topological polar surface area (TPSA) is 40.6 Å². The van der Waals surface area contributed by atoms with E-state index in [1.54, 1.807) is 17.0 Å². The van der Waals surface area contributed by atoms with Crippen LogP contribution in [-0.2, 0) is 15.8 Å². The predicted molar refractivity (Wildman–Crippen MR) is 110 cm³/mol. The molecule has 0 spiro atoms. The Morgan fingerprint density at radius 1 is 1.03 bits per heavy atom. The van der Waals surface area contributed by atoms with E-state index >= 15 is 0 Å². The maximum Gasteiger partial charge on any atom is 0.416 e. The lowest BCUT2D eigenvalue weighted by atomic mass is 10.1. The van der Waals surface area contributed by atoms with Gasteiger partial charge in [-0.1, -0.05) is 36.0 Å². The van der Waals surface area contributed by atoms with Gasteiger partial charge in [-0.2, -0.15) is 13.2 Å². The summed E-state index contributed by atoms with van der Waals surface area (Å²) in [5, 5.41) is 0. The van der Waals surface area contributed by atoms with Crippen molar-refractivity contribution < 1.29 is 22.8 Å². The van der Waals surface area contributed by atoms with Crippen LogP contribution in [0.25, 0.3) is 6.08 Å². The van der Waals surface area contributed by atoms with Crippen LogP contribution in [0.3, 0.4) is 0 Å². The molecule has 8 heteroatoms. The Hall–Kier alpha value is -2.74. The number of amides is 2. The number of carbonyl (C=O) groups is 2. The average molecular weight is 432 g/mol. The summed E-state index contributed by atoms with van der Waals surface area (Å²) in [5.41, 5.74) is 0.420. The number of anilines is 1. The van der Waals surface area contributed by atoms with E-state index in [9.17, 15) is 22.8 Å². The molecule has 0 N–H and O–H groups in total. The predicted octanol–water partition coefficient (Wildman–Crippen LogP) is 4.81. The number of hydrogen-bond acceptors (Lipinski definition) is 3. The zero-order valence-electron chi connectivity index (χ0n) is 16.0. The third kappa shape index (κ3) is 4.23. The molecule has 2 amide bonds. The minimum Gasteiger partial charge on any atom is -0.341 e. The fourth-order valence-corrected chi connectivity index (χ4v) is 4.60. The number of thioether (sulfide) groups is 1. The van der Waals surface area contributed by atoms with Gasteiger partial charge in [0, 0.05) is 18.0 Å². The average Bonchev–Trinajstić information content (AvgIpc) is 3.26.